The molecule has 0 radical (unpaired) electrons. The minimum Gasteiger partial charge on any atom is -0.338 e. The molecule has 5 rings (SSSR count). The molecule has 0 saturated carbocycles. The van der Waals surface area contributed by atoms with Crippen LogP contribution in [0, 0.1) is 0 Å². The monoisotopic (exact) mass is 381 g/mol. The van der Waals surface area contributed by atoms with E-state index in [1.165, 1.54) is 0 Å². The first-order valence-electron chi connectivity index (χ1n) is 8.52. The van der Waals surface area contributed by atoms with Gasteiger partial charge in [0, 0.05) is 16.9 Å². The van der Waals surface area contributed by atoms with Gasteiger partial charge in [0.15, 0.2) is 0 Å². The first-order chi connectivity index (χ1) is 12.9. The van der Waals surface area contributed by atoms with Crippen LogP contribution in [0.25, 0.3) is 22.9 Å². The van der Waals surface area contributed by atoms with E-state index in [9.17, 15) is 0 Å². The second-order valence-electron chi connectivity index (χ2n) is 7.53. The Morgan fingerprint density at radius 2 is 2.04 bits per heavy atom. The van der Waals surface area contributed by atoms with E-state index in [1.807, 2.05) is 43.5 Å². The summed E-state index contributed by atoms with van der Waals surface area (Å²) in [6.07, 6.45) is 4.09. The Labute approximate surface area is 159 Å². The largest absolute Gasteiger partial charge is 0.338 e. The van der Waals surface area contributed by atoms with E-state index >= 15 is 0 Å². The maximum absolute atomic E-state index is 6.22. The van der Waals surface area contributed by atoms with Crippen molar-refractivity contribution in [1.82, 2.24) is 34.7 Å². The summed E-state index contributed by atoms with van der Waals surface area (Å²) in [6.45, 7) is 6.09. The highest BCUT2D eigenvalue weighted by Crippen LogP contribution is 2.33. The zero-order valence-electron chi connectivity index (χ0n) is 15.0. The summed E-state index contributed by atoms with van der Waals surface area (Å²) in [4.78, 5) is 9.14. The Morgan fingerprint density at radius 1 is 1.19 bits per heavy atom. The Hall–Kier alpha value is -3.00. The van der Waals surface area contributed by atoms with Crippen LogP contribution in [0.2, 0.25) is 5.02 Å². The van der Waals surface area contributed by atoms with Crippen LogP contribution in [0.3, 0.4) is 0 Å². The Morgan fingerprint density at radius 3 is 2.81 bits per heavy atom. The van der Waals surface area contributed by atoms with Crippen molar-refractivity contribution >= 4 is 11.6 Å². The topological polar surface area (TPSA) is 87.5 Å². The maximum atomic E-state index is 6.22. The van der Waals surface area contributed by atoms with Gasteiger partial charge in [-0.3, -0.25) is 4.57 Å². The van der Waals surface area contributed by atoms with Gasteiger partial charge in [0.2, 0.25) is 11.7 Å². The van der Waals surface area contributed by atoms with E-state index in [0.717, 1.165) is 22.8 Å². The van der Waals surface area contributed by atoms with Crippen molar-refractivity contribution in [2.45, 2.75) is 32.6 Å². The van der Waals surface area contributed by atoms with Crippen LogP contribution in [-0.2, 0) is 11.8 Å². The fourth-order valence-corrected chi connectivity index (χ4v) is 3.35. The van der Waals surface area contributed by atoms with Gasteiger partial charge in [-0.15, -0.1) is 5.10 Å². The molecule has 1 aliphatic heterocycles. The molecule has 9 heteroatoms. The first-order valence-corrected chi connectivity index (χ1v) is 8.90. The molecule has 0 atom stereocenters. The fourth-order valence-electron chi connectivity index (χ4n) is 3.18. The predicted octanol–water partition coefficient (Wildman–Crippen LogP) is 3.36. The lowest BCUT2D eigenvalue weighted by atomic mass is 9.97. The molecule has 0 spiro atoms. The average Bonchev–Trinajstić information content (AvgIpc) is 3.32. The maximum Gasteiger partial charge on any atom is 0.232 e. The number of fused-ring (bicyclic) bond motifs is 5. The summed E-state index contributed by atoms with van der Waals surface area (Å²) in [5.74, 6) is 1.05. The molecule has 0 bridgehead atoms. The summed E-state index contributed by atoms with van der Waals surface area (Å²) in [5, 5.41) is 13.1. The smallest absolute Gasteiger partial charge is 0.232 e. The standard InChI is InChI=1S/C18H16ClN7O/c1-18(2,3)17-22-16(23-27-17)15-14-7-11-8-21-24-26(11)13-6-10(19)4-5-12(13)25(14)9-20-15/h4-6,8-9H,7H2,1-3H3. The molecule has 0 saturated heterocycles. The van der Waals surface area contributed by atoms with Gasteiger partial charge in [-0.25, -0.2) is 9.67 Å². The number of benzene rings is 1. The van der Waals surface area contributed by atoms with Gasteiger partial charge in [-0.1, -0.05) is 42.7 Å². The fraction of sp³-hybridized carbons (Fsp3) is 0.278. The second-order valence-corrected chi connectivity index (χ2v) is 7.97. The summed E-state index contributed by atoms with van der Waals surface area (Å²) in [6, 6.07) is 5.66. The number of hydrogen-bond donors (Lipinski definition) is 0. The zero-order valence-corrected chi connectivity index (χ0v) is 15.8. The third-order valence-corrected chi connectivity index (χ3v) is 4.77. The molecule has 136 valence electrons. The van der Waals surface area contributed by atoms with Crippen LogP contribution in [0.5, 0.6) is 0 Å². The molecule has 3 aromatic heterocycles. The van der Waals surface area contributed by atoms with E-state index < -0.39 is 0 Å². The molecular weight excluding hydrogens is 366 g/mol. The lowest BCUT2D eigenvalue weighted by Gasteiger charge is -2.10. The second kappa shape index (κ2) is 5.50. The van der Waals surface area contributed by atoms with Crippen molar-refractivity contribution in [2.24, 2.45) is 0 Å². The molecule has 0 unspecified atom stereocenters. The van der Waals surface area contributed by atoms with E-state index in [0.29, 0.717) is 28.9 Å². The van der Waals surface area contributed by atoms with Gasteiger partial charge in [0.1, 0.15) is 12.0 Å². The van der Waals surface area contributed by atoms with Crippen LogP contribution < -0.4 is 0 Å². The normalized spacial score (nSPS) is 13.0. The summed E-state index contributed by atoms with van der Waals surface area (Å²) >= 11 is 6.22. The number of aromatic nitrogens is 7. The molecule has 4 aromatic rings. The molecule has 1 aromatic carbocycles. The summed E-state index contributed by atoms with van der Waals surface area (Å²) < 4.78 is 9.27. The molecule has 1 aliphatic rings. The summed E-state index contributed by atoms with van der Waals surface area (Å²) in [7, 11) is 0. The van der Waals surface area contributed by atoms with Crippen LogP contribution in [0.4, 0.5) is 0 Å². The quantitative estimate of drug-likeness (QED) is 0.442. The van der Waals surface area contributed by atoms with Gasteiger partial charge >= 0.3 is 0 Å². The van der Waals surface area contributed by atoms with E-state index in [4.69, 9.17) is 16.1 Å². The lowest BCUT2D eigenvalue weighted by Crippen LogP contribution is -2.11. The molecule has 27 heavy (non-hydrogen) atoms. The van der Waals surface area contributed by atoms with Gasteiger partial charge in [-0.05, 0) is 18.2 Å². The molecule has 0 fully saturated rings. The Bertz CT molecular complexity index is 1160. The first kappa shape index (κ1) is 16.2. The molecule has 8 nitrogen and oxygen atoms in total. The van der Waals surface area contributed by atoms with E-state index in [2.05, 4.69) is 25.4 Å². The van der Waals surface area contributed by atoms with Crippen LogP contribution in [0.1, 0.15) is 38.0 Å². The zero-order chi connectivity index (χ0) is 18.8. The van der Waals surface area contributed by atoms with Crippen molar-refractivity contribution in [3.05, 3.63) is 53.0 Å². The minimum atomic E-state index is -0.228. The van der Waals surface area contributed by atoms with Gasteiger partial charge in [0.25, 0.3) is 0 Å². The van der Waals surface area contributed by atoms with E-state index in [-0.39, 0.29) is 5.41 Å². The molecular formula is C18H16ClN7O. The highest BCUT2D eigenvalue weighted by Gasteiger charge is 2.28. The highest BCUT2D eigenvalue weighted by atomic mass is 35.5. The van der Waals surface area contributed by atoms with Crippen molar-refractivity contribution in [3.8, 4) is 22.9 Å². The third-order valence-electron chi connectivity index (χ3n) is 4.54. The average molecular weight is 382 g/mol. The van der Waals surface area contributed by atoms with Crippen molar-refractivity contribution in [2.75, 3.05) is 0 Å². The highest BCUT2D eigenvalue weighted by molar-refractivity contribution is 6.30. The lowest BCUT2D eigenvalue weighted by molar-refractivity contribution is 0.321. The van der Waals surface area contributed by atoms with Crippen molar-refractivity contribution in [3.63, 3.8) is 0 Å². The summed E-state index contributed by atoms with van der Waals surface area (Å²) in [5.41, 5.74) is 4.09. The van der Waals surface area contributed by atoms with Gasteiger partial charge < -0.3 is 4.52 Å². The van der Waals surface area contributed by atoms with Gasteiger partial charge in [-0.2, -0.15) is 4.98 Å². The van der Waals surface area contributed by atoms with Crippen LogP contribution in [-0.4, -0.2) is 34.7 Å². The molecule has 4 heterocycles. The van der Waals surface area contributed by atoms with Crippen LogP contribution in [0.15, 0.2) is 35.2 Å². The molecule has 0 amide bonds. The van der Waals surface area contributed by atoms with Crippen LogP contribution >= 0.6 is 11.6 Å². The number of nitrogens with zero attached hydrogens (tertiary/aromatic N) is 7. The molecule has 0 aliphatic carbocycles. The van der Waals surface area contributed by atoms with E-state index in [1.54, 1.807) is 17.2 Å². The van der Waals surface area contributed by atoms with Crippen molar-refractivity contribution in [1.29, 1.82) is 0 Å². The SMILES string of the molecule is CC(C)(C)c1nc(-c2ncn3c2Cc2cnnn2-c2cc(Cl)ccc2-3)no1. The Balaban J connectivity index is 1.72. The number of imidazole rings is 1. The van der Waals surface area contributed by atoms with Crippen molar-refractivity contribution < 1.29 is 4.52 Å². The predicted molar refractivity (Wildman–Crippen MR) is 98.3 cm³/mol. The number of halogens is 1. The number of hydrogen-bond acceptors (Lipinski definition) is 6. The molecule has 0 N–H and O–H groups in total. The number of rotatable bonds is 1. The Kier molecular flexibility index (Phi) is 3.30. The minimum absolute atomic E-state index is 0.228. The van der Waals surface area contributed by atoms with Gasteiger partial charge in [0.05, 0.1) is 29.0 Å². The third kappa shape index (κ3) is 2.48.